The number of carbonyl (C=O) groups excluding carboxylic acids is 4. The van der Waals surface area contributed by atoms with Gasteiger partial charge in [-0.3, -0.25) is 19.2 Å². The number of nitrogens with zero attached hydrogens (tertiary/aromatic N) is 2. The molecule has 8 nitrogen and oxygen atoms in total. The molecule has 0 aromatic heterocycles. The Hall–Kier alpha value is -11.6. The van der Waals surface area contributed by atoms with Crippen LogP contribution in [0.15, 0.2) is 206 Å². The van der Waals surface area contributed by atoms with Gasteiger partial charge in [-0.25, -0.2) is 9.80 Å². The SMILES string of the molecule is CC(C)(C)c1cc(CNc2cc3c4c(c(NCc5cc(C(C)(C)C)cc(C(C)(C)C)c5)cc5c4c2C(=O)N(c2ccc(C#Cc4cc6cccc7ccc8cccc4c8c76)cc2)C5=O)C(=O)N(c2ccc(C#Cc4cc5cccc6ccc7cccc4c7c65)cc2)C3=O)cc(C(C)(C)C)c1. The summed E-state index contributed by atoms with van der Waals surface area (Å²) in [6, 6.07) is 69.5. The van der Waals surface area contributed by atoms with Crippen molar-refractivity contribution >= 4 is 122 Å². The first kappa shape index (κ1) is 63.2. The van der Waals surface area contributed by atoms with E-state index in [1.54, 1.807) is 36.4 Å². The summed E-state index contributed by atoms with van der Waals surface area (Å²) in [5, 5.41) is 21.7. The Bertz CT molecular complexity index is 5550. The number of nitrogens with one attached hydrogen (secondary N) is 2. The maximum absolute atomic E-state index is 16.1. The fraction of sp³-hybridized carbons (Fsp3) is 0.196. The lowest BCUT2D eigenvalue weighted by atomic mass is 9.79. The van der Waals surface area contributed by atoms with Crippen LogP contribution in [0, 0.1) is 23.7 Å². The smallest absolute Gasteiger partial charge is 0.268 e. The number of benzene rings is 14. The molecule has 8 heteroatoms. The molecule has 2 heterocycles. The summed E-state index contributed by atoms with van der Waals surface area (Å²) in [5.74, 6) is 11.4. The van der Waals surface area contributed by atoms with Gasteiger partial charge in [-0.1, -0.05) is 240 Å². The van der Waals surface area contributed by atoms with Crippen LogP contribution in [0.4, 0.5) is 22.7 Å². The zero-order chi connectivity index (χ0) is 69.6. The van der Waals surface area contributed by atoms with Gasteiger partial charge in [0.15, 0.2) is 0 Å². The lowest BCUT2D eigenvalue weighted by Gasteiger charge is -2.34. The Morgan fingerprint density at radius 3 is 0.970 bits per heavy atom. The van der Waals surface area contributed by atoms with Crippen molar-refractivity contribution < 1.29 is 19.2 Å². The number of hydrogen-bond donors (Lipinski definition) is 2. The van der Waals surface area contributed by atoms with Gasteiger partial charge in [0.2, 0.25) is 0 Å². The lowest BCUT2D eigenvalue weighted by molar-refractivity contribution is 0.0873. The van der Waals surface area contributed by atoms with Gasteiger partial charge in [0.05, 0.1) is 33.6 Å². The second-order valence-electron chi connectivity index (χ2n) is 31.4. The molecule has 0 spiro atoms. The molecule has 2 aliphatic rings. The van der Waals surface area contributed by atoms with Gasteiger partial charge in [0, 0.05) is 57.5 Å². The Labute approximate surface area is 583 Å². The average molecular weight is 1300 g/mol. The van der Waals surface area contributed by atoms with Crippen LogP contribution >= 0.6 is 0 Å². The molecular weight excluding hydrogens is 1230 g/mol. The zero-order valence-corrected chi connectivity index (χ0v) is 58.6. The molecule has 16 rings (SSSR count). The number of anilines is 4. The summed E-state index contributed by atoms with van der Waals surface area (Å²) in [5.41, 5.74) is 11.1. The van der Waals surface area contributed by atoms with Crippen molar-refractivity contribution in [1.82, 2.24) is 0 Å². The summed E-state index contributed by atoms with van der Waals surface area (Å²) in [6.45, 7) is 26.9. The number of rotatable bonds is 8. The summed E-state index contributed by atoms with van der Waals surface area (Å²) < 4.78 is 0. The topological polar surface area (TPSA) is 98.8 Å². The second-order valence-corrected chi connectivity index (χ2v) is 31.4. The van der Waals surface area contributed by atoms with Gasteiger partial charge in [0.1, 0.15) is 0 Å². The quantitative estimate of drug-likeness (QED) is 0.0893. The predicted octanol–water partition coefficient (Wildman–Crippen LogP) is 21.4. The van der Waals surface area contributed by atoms with Gasteiger partial charge in [-0.15, -0.1) is 0 Å². The first-order valence-electron chi connectivity index (χ1n) is 34.5. The molecule has 0 fully saturated rings. The van der Waals surface area contributed by atoms with E-state index in [1.165, 1.54) is 42.1 Å². The first-order chi connectivity index (χ1) is 47.7. The molecule has 2 N–H and O–H groups in total. The number of amides is 4. The summed E-state index contributed by atoms with van der Waals surface area (Å²) in [4.78, 5) is 66.4. The molecule has 488 valence electrons. The van der Waals surface area contributed by atoms with Gasteiger partial charge >= 0.3 is 0 Å². The molecule has 0 atom stereocenters. The molecular formula is C92H76N4O4. The van der Waals surface area contributed by atoms with Crippen LogP contribution in [0.2, 0.25) is 0 Å². The molecule has 0 radical (unpaired) electrons. The second kappa shape index (κ2) is 23.0. The molecule has 0 aliphatic carbocycles. The Morgan fingerprint density at radius 2 is 0.630 bits per heavy atom. The van der Waals surface area contributed by atoms with Crippen molar-refractivity contribution in [2.75, 3.05) is 20.4 Å². The van der Waals surface area contributed by atoms with Crippen LogP contribution in [0.5, 0.6) is 0 Å². The maximum atomic E-state index is 16.1. The highest BCUT2D eigenvalue weighted by molar-refractivity contribution is 6.44. The van der Waals surface area contributed by atoms with Crippen molar-refractivity contribution in [3.8, 4) is 23.7 Å². The lowest BCUT2D eigenvalue weighted by Crippen LogP contribution is -2.44. The van der Waals surface area contributed by atoms with Crippen molar-refractivity contribution in [2.45, 2.75) is 118 Å². The fourth-order valence-corrected chi connectivity index (χ4v) is 14.9. The van der Waals surface area contributed by atoms with Crippen molar-refractivity contribution in [3.05, 3.63) is 284 Å². The Morgan fingerprint density at radius 1 is 0.310 bits per heavy atom. The van der Waals surface area contributed by atoms with Gasteiger partial charge in [0.25, 0.3) is 23.6 Å². The highest BCUT2D eigenvalue weighted by Crippen LogP contribution is 2.48. The van der Waals surface area contributed by atoms with E-state index in [4.69, 9.17) is 0 Å². The zero-order valence-electron chi connectivity index (χ0n) is 58.6. The molecule has 14 aromatic carbocycles. The molecule has 4 amide bonds. The number of imide groups is 2. The van der Waals surface area contributed by atoms with E-state index in [0.717, 1.165) is 76.8 Å². The van der Waals surface area contributed by atoms with E-state index in [0.29, 0.717) is 33.9 Å². The third-order valence-corrected chi connectivity index (χ3v) is 20.5. The monoisotopic (exact) mass is 1300 g/mol. The fourth-order valence-electron chi connectivity index (χ4n) is 14.9. The van der Waals surface area contributed by atoms with E-state index in [2.05, 4.69) is 263 Å². The van der Waals surface area contributed by atoms with Crippen LogP contribution in [-0.4, -0.2) is 23.6 Å². The normalized spacial score (nSPS) is 13.6. The van der Waals surface area contributed by atoms with Gasteiger partial charge in [-0.05, 0) is 192 Å². The average Bonchev–Trinajstić information content (AvgIpc) is 0.697. The molecule has 0 bridgehead atoms. The van der Waals surface area contributed by atoms with E-state index in [-0.39, 0.29) is 67.8 Å². The van der Waals surface area contributed by atoms with Crippen LogP contribution in [0.25, 0.3) is 75.4 Å². The predicted molar refractivity (Wildman–Crippen MR) is 414 cm³/mol. The highest BCUT2D eigenvalue weighted by atomic mass is 16.2. The Kier molecular flexibility index (Phi) is 14.5. The molecule has 0 unspecified atom stereocenters. The largest absolute Gasteiger partial charge is 0.380 e. The summed E-state index contributed by atoms with van der Waals surface area (Å²) >= 11 is 0. The van der Waals surface area contributed by atoms with Gasteiger partial charge in [-0.2, -0.15) is 0 Å². The van der Waals surface area contributed by atoms with Crippen LogP contribution in [0.3, 0.4) is 0 Å². The van der Waals surface area contributed by atoms with Gasteiger partial charge < -0.3 is 10.6 Å². The van der Waals surface area contributed by atoms with Crippen LogP contribution in [0.1, 0.15) is 180 Å². The molecule has 0 saturated carbocycles. The first-order valence-corrected chi connectivity index (χ1v) is 34.5. The molecule has 100 heavy (non-hydrogen) atoms. The number of carbonyl (C=O) groups is 4. The molecule has 2 aliphatic heterocycles. The third kappa shape index (κ3) is 10.7. The van der Waals surface area contributed by atoms with E-state index >= 15 is 19.2 Å². The minimum Gasteiger partial charge on any atom is -0.380 e. The summed E-state index contributed by atoms with van der Waals surface area (Å²) in [7, 11) is 0. The van der Waals surface area contributed by atoms with Crippen molar-refractivity contribution in [1.29, 1.82) is 0 Å². The van der Waals surface area contributed by atoms with E-state index < -0.39 is 23.6 Å². The maximum Gasteiger partial charge on any atom is 0.268 e. The standard InChI is InChI=1S/C92H76N4O4/c1-89(2,3)65-41-55(42-66(47-65)90(4,5)6)51-93-75-49-73-82-81-74(86(98)95(87(99)83(75)81)69-37-27-53(28-38-69)25-31-61-45-63-21-13-17-57-33-35-59-19-15-23-71(61)79(59)77(57)63)50-76(94-52-56-43-67(91(7,8)9)48-68(44-56)92(10,11)12)84(82)88(100)96(85(73)97)70-39-29-54(30-40-70)26-32-62-46-64-22-14-18-58-34-36-60-20-16-24-72(62)80(60)78(58)64/h13-24,27-30,33-50,93-94H,51-52H2,1-12H3. The van der Waals surface area contributed by atoms with Crippen molar-refractivity contribution in [2.24, 2.45) is 0 Å². The van der Waals surface area contributed by atoms with Crippen LogP contribution < -0.4 is 20.4 Å². The minimum absolute atomic E-state index is 0.170. The highest BCUT2D eigenvalue weighted by Gasteiger charge is 2.44. The van der Waals surface area contributed by atoms with Crippen LogP contribution in [-0.2, 0) is 34.7 Å². The van der Waals surface area contributed by atoms with E-state index in [9.17, 15) is 0 Å². The van der Waals surface area contributed by atoms with E-state index in [1.807, 2.05) is 24.3 Å². The molecule has 14 aromatic rings. The number of hydrogen-bond acceptors (Lipinski definition) is 6. The minimum atomic E-state index is -0.598. The van der Waals surface area contributed by atoms with Crippen molar-refractivity contribution in [3.63, 3.8) is 0 Å². The Balaban J connectivity index is 0.834. The molecule has 0 saturated heterocycles. The third-order valence-electron chi connectivity index (χ3n) is 20.5. The summed E-state index contributed by atoms with van der Waals surface area (Å²) in [6.07, 6.45) is 0.